The predicted molar refractivity (Wildman–Crippen MR) is 110 cm³/mol. The van der Waals surface area contributed by atoms with Gasteiger partial charge in [-0.05, 0) is 49.2 Å². The van der Waals surface area contributed by atoms with Crippen LogP contribution in [0, 0.1) is 5.92 Å². The molecular weight excluding hydrogens is 446 g/mol. The number of pyridine rings is 1. The highest BCUT2D eigenvalue weighted by Gasteiger charge is 2.30. The quantitative estimate of drug-likeness (QED) is 0.610. The molecule has 3 aromatic rings. The zero-order chi connectivity index (χ0) is 19.7. The molecule has 1 saturated heterocycles. The zero-order valence-electron chi connectivity index (χ0n) is 14.8. The summed E-state index contributed by atoms with van der Waals surface area (Å²) < 4.78 is 6.63. The number of fused-ring (bicyclic) bond motifs is 1. The number of amides is 2. The lowest BCUT2D eigenvalue weighted by Gasteiger charge is -2.31. The van der Waals surface area contributed by atoms with Crippen LogP contribution in [-0.2, 0) is 4.79 Å². The number of furan rings is 1. The van der Waals surface area contributed by atoms with E-state index in [0.29, 0.717) is 29.5 Å². The number of halogens is 2. The van der Waals surface area contributed by atoms with E-state index in [-0.39, 0.29) is 23.5 Å². The van der Waals surface area contributed by atoms with E-state index >= 15 is 0 Å². The Morgan fingerprint density at radius 3 is 2.89 bits per heavy atom. The maximum absolute atomic E-state index is 12.9. The summed E-state index contributed by atoms with van der Waals surface area (Å²) in [5.41, 5.74) is 0.659. The van der Waals surface area contributed by atoms with Gasteiger partial charge in [0.25, 0.3) is 5.91 Å². The molecule has 1 aliphatic heterocycles. The predicted octanol–water partition coefficient (Wildman–Crippen LogP) is 4.73. The average Bonchev–Trinajstić information content (AvgIpc) is 3.12. The Labute approximate surface area is 175 Å². The molecule has 3 heterocycles. The van der Waals surface area contributed by atoms with Crippen molar-refractivity contribution >= 4 is 56.1 Å². The van der Waals surface area contributed by atoms with Gasteiger partial charge in [0.1, 0.15) is 11.4 Å². The molecule has 4 rings (SSSR count). The standard InChI is InChI=1S/C20H17BrClN3O3/c21-14-3-5-16-13(8-14)9-17(28-16)20(27)25-7-1-2-12(11-25)19(26)24-18-6-4-15(22)10-23-18/h3-6,8-10,12H,1-2,7,11H2,(H,23,24,26). The van der Waals surface area contributed by atoms with Crippen molar-refractivity contribution < 1.29 is 14.0 Å². The van der Waals surface area contributed by atoms with Crippen LogP contribution in [0.2, 0.25) is 5.02 Å². The van der Waals surface area contributed by atoms with Gasteiger partial charge in [0.15, 0.2) is 5.76 Å². The van der Waals surface area contributed by atoms with Gasteiger partial charge in [0.05, 0.1) is 10.9 Å². The fourth-order valence-electron chi connectivity index (χ4n) is 3.33. The number of carbonyl (C=O) groups is 2. The van der Waals surface area contributed by atoms with E-state index in [2.05, 4.69) is 26.2 Å². The summed E-state index contributed by atoms with van der Waals surface area (Å²) >= 11 is 9.23. The molecule has 1 fully saturated rings. The van der Waals surface area contributed by atoms with Crippen molar-refractivity contribution in [2.24, 2.45) is 5.92 Å². The Balaban J connectivity index is 1.45. The van der Waals surface area contributed by atoms with E-state index in [4.69, 9.17) is 16.0 Å². The third kappa shape index (κ3) is 4.05. The first-order valence-corrected chi connectivity index (χ1v) is 10.1. The molecule has 6 nitrogen and oxygen atoms in total. The number of hydrogen-bond acceptors (Lipinski definition) is 4. The molecule has 2 amide bonds. The SMILES string of the molecule is O=C(Nc1ccc(Cl)cn1)C1CCCN(C(=O)c2cc3cc(Br)ccc3o2)C1. The summed E-state index contributed by atoms with van der Waals surface area (Å²) in [5.74, 6) is 0.0817. The Bertz CT molecular complexity index is 1030. The third-order valence-corrected chi connectivity index (χ3v) is 5.46. The van der Waals surface area contributed by atoms with Gasteiger partial charge in [-0.2, -0.15) is 0 Å². The van der Waals surface area contributed by atoms with Crippen LogP contribution >= 0.6 is 27.5 Å². The number of carbonyl (C=O) groups excluding carboxylic acids is 2. The number of aromatic nitrogens is 1. The van der Waals surface area contributed by atoms with E-state index in [1.807, 2.05) is 18.2 Å². The zero-order valence-corrected chi connectivity index (χ0v) is 17.2. The average molecular weight is 463 g/mol. The molecule has 0 saturated carbocycles. The van der Waals surface area contributed by atoms with Crippen molar-refractivity contribution in [1.29, 1.82) is 0 Å². The molecule has 1 N–H and O–H groups in total. The van der Waals surface area contributed by atoms with E-state index < -0.39 is 0 Å². The molecule has 1 aromatic carbocycles. The first-order valence-electron chi connectivity index (χ1n) is 8.90. The molecule has 28 heavy (non-hydrogen) atoms. The van der Waals surface area contributed by atoms with Gasteiger partial charge in [-0.3, -0.25) is 9.59 Å². The van der Waals surface area contributed by atoms with Crippen LogP contribution in [0.25, 0.3) is 11.0 Å². The molecule has 1 atom stereocenters. The number of likely N-dealkylation sites (tertiary alicyclic amines) is 1. The van der Waals surface area contributed by atoms with Gasteiger partial charge in [0.2, 0.25) is 5.91 Å². The fraction of sp³-hybridized carbons (Fsp3) is 0.250. The molecular formula is C20H17BrClN3O3. The van der Waals surface area contributed by atoms with Crippen LogP contribution < -0.4 is 5.32 Å². The summed E-state index contributed by atoms with van der Waals surface area (Å²) in [6.45, 7) is 0.946. The maximum atomic E-state index is 12.9. The molecule has 2 aromatic heterocycles. The number of nitrogens with one attached hydrogen (secondary N) is 1. The number of hydrogen-bond donors (Lipinski definition) is 1. The van der Waals surface area contributed by atoms with Gasteiger partial charge >= 0.3 is 0 Å². The highest BCUT2D eigenvalue weighted by Crippen LogP contribution is 2.26. The van der Waals surface area contributed by atoms with E-state index in [0.717, 1.165) is 22.7 Å². The highest BCUT2D eigenvalue weighted by molar-refractivity contribution is 9.10. The number of benzene rings is 1. The van der Waals surface area contributed by atoms with Crippen LogP contribution in [0.3, 0.4) is 0 Å². The Morgan fingerprint density at radius 1 is 1.25 bits per heavy atom. The lowest BCUT2D eigenvalue weighted by atomic mass is 9.97. The maximum Gasteiger partial charge on any atom is 0.289 e. The number of piperidine rings is 1. The van der Waals surface area contributed by atoms with Crippen LogP contribution in [0.5, 0.6) is 0 Å². The first kappa shape index (κ1) is 19.0. The minimum Gasteiger partial charge on any atom is -0.451 e. The smallest absolute Gasteiger partial charge is 0.289 e. The van der Waals surface area contributed by atoms with Crippen molar-refractivity contribution in [3.8, 4) is 0 Å². The van der Waals surface area contributed by atoms with Crippen molar-refractivity contribution in [1.82, 2.24) is 9.88 Å². The molecule has 0 aliphatic carbocycles. The fourth-order valence-corrected chi connectivity index (χ4v) is 3.82. The normalized spacial score (nSPS) is 16.9. The minimum atomic E-state index is -0.297. The van der Waals surface area contributed by atoms with Crippen molar-refractivity contribution in [3.05, 3.63) is 57.9 Å². The molecule has 0 bridgehead atoms. The first-order chi connectivity index (χ1) is 13.5. The van der Waals surface area contributed by atoms with Crippen molar-refractivity contribution in [3.63, 3.8) is 0 Å². The third-order valence-electron chi connectivity index (χ3n) is 4.75. The highest BCUT2D eigenvalue weighted by atomic mass is 79.9. The van der Waals surface area contributed by atoms with Gasteiger partial charge in [-0.25, -0.2) is 4.98 Å². The summed E-state index contributed by atoms with van der Waals surface area (Å²) in [6.07, 6.45) is 2.95. The number of anilines is 1. The second kappa shape index (κ2) is 7.93. The Hall–Kier alpha value is -2.38. The second-order valence-corrected chi connectivity index (χ2v) is 8.09. The molecule has 0 radical (unpaired) electrons. The summed E-state index contributed by atoms with van der Waals surface area (Å²) in [6, 6.07) is 10.7. The number of rotatable bonds is 3. The molecule has 144 valence electrons. The van der Waals surface area contributed by atoms with Gasteiger partial charge in [-0.1, -0.05) is 27.5 Å². The number of nitrogens with zero attached hydrogens (tertiary/aromatic N) is 2. The van der Waals surface area contributed by atoms with E-state index in [1.165, 1.54) is 6.20 Å². The van der Waals surface area contributed by atoms with Crippen molar-refractivity contribution in [2.45, 2.75) is 12.8 Å². The minimum absolute atomic E-state index is 0.152. The van der Waals surface area contributed by atoms with Crippen LogP contribution in [0.4, 0.5) is 5.82 Å². The lowest BCUT2D eigenvalue weighted by Crippen LogP contribution is -2.43. The van der Waals surface area contributed by atoms with Gasteiger partial charge < -0.3 is 14.6 Å². The Kier molecular flexibility index (Phi) is 5.37. The van der Waals surface area contributed by atoms with Crippen LogP contribution in [-0.4, -0.2) is 34.8 Å². The van der Waals surface area contributed by atoms with Crippen LogP contribution in [0.1, 0.15) is 23.4 Å². The summed E-state index contributed by atoms with van der Waals surface area (Å²) in [5, 5.41) is 4.15. The summed E-state index contributed by atoms with van der Waals surface area (Å²) in [7, 11) is 0. The van der Waals surface area contributed by atoms with Crippen molar-refractivity contribution in [2.75, 3.05) is 18.4 Å². The topological polar surface area (TPSA) is 75.4 Å². The largest absolute Gasteiger partial charge is 0.451 e. The van der Waals surface area contributed by atoms with E-state index in [9.17, 15) is 9.59 Å². The second-order valence-electron chi connectivity index (χ2n) is 6.73. The van der Waals surface area contributed by atoms with Gasteiger partial charge in [-0.15, -0.1) is 0 Å². The molecule has 1 aliphatic rings. The van der Waals surface area contributed by atoms with E-state index in [1.54, 1.807) is 23.1 Å². The molecule has 8 heteroatoms. The lowest BCUT2D eigenvalue weighted by molar-refractivity contribution is -0.121. The van der Waals surface area contributed by atoms with Gasteiger partial charge in [0, 0.05) is 29.1 Å². The Morgan fingerprint density at radius 2 is 2.11 bits per heavy atom. The molecule has 0 spiro atoms. The molecule has 1 unspecified atom stereocenters. The monoisotopic (exact) mass is 461 g/mol. The summed E-state index contributed by atoms with van der Waals surface area (Å²) in [4.78, 5) is 31.2. The van der Waals surface area contributed by atoms with Crippen LogP contribution in [0.15, 0.2) is 51.5 Å².